The quantitative estimate of drug-likeness (QED) is 0.381. The molecule has 0 saturated heterocycles. The first-order valence-corrected chi connectivity index (χ1v) is 9.30. The molecule has 0 aliphatic heterocycles. The van der Waals surface area contributed by atoms with Crippen LogP contribution in [0.5, 0.6) is 0 Å². The minimum absolute atomic E-state index is 0.0556. The topological polar surface area (TPSA) is 45.8 Å². The lowest BCUT2D eigenvalue weighted by molar-refractivity contribution is 0.559. The summed E-state index contributed by atoms with van der Waals surface area (Å²) in [5, 5.41) is 0.470. The summed E-state index contributed by atoms with van der Waals surface area (Å²) in [5.41, 5.74) is 1.21. The second-order valence-corrected chi connectivity index (χ2v) is 6.94. The highest BCUT2D eigenvalue weighted by Crippen LogP contribution is 2.18. The predicted octanol–water partition coefficient (Wildman–Crippen LogP) is 4.36. The molecule has 26 heavy (non-hydrogen) atoms. The molecular formula is C20H18F2N2OS. The highest BCUT2D eigenvalue weighted by Gasteiger charge is 2.11. The number of nitrogens with one attached hydrogen (secondary N) is 1. The number of nitrogens with zero attached hydrogens (tertiary/aromatic N) is 1. The molecule has 0 atom stereocenters. The van der Waals surface area contributed by atoms with Crippen molar-refractivity contribution in [2.45, 2.75) is 24.4 Å². The maximum absolute atomic E-state index is 13.8. The van der Waals surface area contributed by atoms with Crippen LogP contribution in [0.4, 0.5) is 8.78 Å². The van der Waals surface area contributed by atoms with Crippen molar-refractivity contribution < 1.29 is 8.78 Å². The summed E-state index contributed by atoms with van der Waals surface area (Å²) >= 11 is 1.43. The third-order valence-corrected chi connectivity index (χ3v) is 4.84. The molecule has 3 nitrogen and oxygen atoms in total. The molecule has 0 aliphatic rings. The van der Waals surface area contributed by atoms with Crippen molar-refractivity contribution in [3.05, 3.63) is 93.4 Å². The van der Waals surface area contributed by atoms with E-state index in [9.17, 15) is 13.6 Å². The van der Waals surface area contributed by atoms with Gasteiger partial charge in [0.15, 0.2) is 5.16 Å². The molecule has 134 valence electrons. The van der Waals surface area contributed by atoms with Crippen LogP contribution in [0.3, 0.4) is 0 Å². The van der Waals surface area contributed by atoms with Crippen LogP contribution in [0, 0.1) is 11.6 Å². The first-order valence-electron chi connectivity index (χ1n) is 8.31. The Morgan fingerprint density at radius 3 is 2.46 bits per heavy atom. The van der Waals surface area contributed by atoms with Crippen molar-refractivity contribution in [2.24, 2.45) is 0 Å². The normalized spacial score (nSPS) is 10.8. The maximum Gasteiger partial charge on any atom is 0.251 e. The van der Waals surface area contributed by atoms with E-state index in [-0.39, 0.29) is 17.5 Å². The highest BCUT2D eigenvalue weighted by molar-refractivity contribution is 7.99. The number of thioether (sulfide) groups is 1. The molecule has 0 spiro atoms. The molecule has 0 aliphatic carbocycles. The number of benzene rings is 2. The van der Waals surface area contributed by atoms with Crippen LogP contribution in [0.15, 0.2) is 64.5 Å². The second-order valence-electron chi connectivity index (χ2n) is 5.86. The van der Waals surface area contributed by atoms with Gasteiger partial charge in [0.25, 0.3) is 5.56 Å². The summed E-state index contributed by atoms with van der Waals surface area (Å²) in [6.07, 6.45) is 1.82. The van der Waals surface area contributed by atoms with E-state index in [2.05, 4.69) is 22.1 Å². The molecule has 0 unspecified atom stereocenters. The molecule has 1 heterocycles. The molecule has 0 radical (unpaired) electrons. The van der Waals surface area contributed by atoms with Gasteiger partial charge in [0.2, 0.25) is 0 Å². The Bertz CT molecular complexity index is 908. The van der Waals surface area contributed by atoms with Gasteiger partial charge >= 0.3 is 0 Å². The number of hydrogen-bond acceptors (Lipinski definition) is 3. The van der Waals surface area contributed by atoms with E-state index in [0.717, 1.165) is 18.6 Å². The minimum Gasteiger partial charge on any atom is -0.301 e. The molecule has 2 aromatic carbocycles. The first kappa shape index (κ1) is 18.3. The molecule has 3 aromatic rings. The summed E-state index contributed by atoms with van der Waals surface area (Å²) in [4.78, 5) is 18.8. The van der Waals surface area contributed by atoms with Gasteiger partial charge in [0.1, 0.15) is 11.6 Å². The molecule has 3 rings (SSSR count). The van der Waals surface area contributed by atoms with Crippen LogP contribution >= 0.6 is 11.8 Å². The summed E-state index contributed by atoms with van der Waals surface area (Å²) in [6.45, 7) is 0. The zero-order valence-corrected chi connectivity index (χ0v) is 14.9. The van der Waals surface area contributed by atoms with Gasteiger partial charge < -0.3 is 4.98 Å². The average Bonchev–Trinajstić information content (AvgIpc) is 2.63. The fourth-order valence-electron chi connectivity index (χ4n) is 2.61. The van der Waals surface area contributed by atoms with E-state index in [1.54, 1.807) is 0 Å². The van der Waals surface area contributed by atoms with Gasteiger partial charge in [-0.2, -0.15) is 0 Å². The SMILES string of the molecule is O=c1cc(Cc2c(F)cccc2F)nc(SCCCc2ccccc2)[nH]1. The Morgan fingerprint density at radius 1 is 1.00 bits per heavy atom. The largest absolute Gasteiger partial charge is 0.301 e. The van der Waals surface area contributed by atoms with E-state index < -0.39 is 11.6 Å². The lowest BCUT2D eigenvalue weighted by Crippen LogP contribution is -2.11. The number of aromatic nitrogens is 2. The van der Waals surface area contributed by atoms with E-state index in [1.165, 1.54) is 41.6 Å². The zero-order valence-electron chi connectivity index (χ0n) is 14.0. The predicted molar refractivity (Wildman–Crippen MR) is 99.5 cm³/mol. The summed E-state index contributed by atoms with van der Waals surface area (Å²) in [6, 6.07) is 15.1. The van der Waals surface area contributed by atoms with Crippen molar-refractivity contribution in [1.29, 1.82) is 0 Å². The molecule has 1 N–H and O–H groups in total. The fourth-order valence-corrected chi connectivity index (χ4v) is 3.45. The maximum atomic E-state index is 13.8. The molecule has 0 fully saturated rings. The highest BCUT2D eigenvalue weighted by atomic mass is 32.2. The van der Waals surface area contributed by atoms with Gasteiger partial charge in [-0.05, 0) is 30.5 Å². The summed E-state index contributed by atoms with van der Waals surface area (Å²) in [5.74, 6) is -0.483. The van der Waals surface area contributed by atoms with Gasteiger partial charge in [0.05, 0.1) is 5.69 Å². The smallest absolute Gasteiger partial charge is 0.251 e. The molecule has 1 aromatic heterocycles. The minimum atomic E-state index is -0.635. The van der Waals surface area contributed by atoms with Gasteiger partial charge in [-0.3, -0.25) is 4.79 Å². The first-order chi connectivity index (χ1) is 12.6. The van der Waals surface area contributed by atoms with Crippen LogP contribution in [-0.4, -0.2) is 15.7 Å². The number of rotatable bonds is 7. The van der Waals surface area contributed by atoms with Crippen LogP contribution in [0.25, 0.3) is 0 Å². The van der Waals surface area contributed by atoms with Gasteiger partial charge in [-0.25, -0.2) is 13.8 Å². The lowest BCUT2D eigenvalue weighted by Gasteiger charge is -2.06. The monoisotopic (exact) mass is 372 g/mol. The molecule has 0 amide bonds. The van der Waals surface area contributed by atoms with Crippen LogP contribution < -0.4 is 5.56 Å². The average molecular weight is 372 g/mol. The number of aromatic amines is 1. The number of H-pyrrole nitrogens is 1. The third-order valence-electron chi connectivity index (χ3n) is 3.88. The van der Waals surface area contributed by atoms with Crippen molar-refractivity contribution in [1.82, 2.24) is 9.97 Å². The second kappa shape index (κ2) is 8.76. The van der Waals surface area contributed by atoms with E-state index in [4.69, 9.17) is 0 Å². The molecule has 0 saturated carbocycles. The number of hydrogen-bond donors (Lipinski definition) is 1. The molecule has 6 heteroatoms. The van der Waals surface area contributed by atoms with Crippen molar-refractivity contribution in [2.75, 3.05) is 5.75 Å². The standard InChI is InChI=1S/C20H18F2N2OS/c21-17-9-4-10-18(22)16(17)12-15-13-19(25)24-20(23-15)26-11-5-8-14-6-2-1-3-7-14/h1-4,6-7,9-10,13H,5,8,11-12H2,(H,23,24,25). The fraction of sp³-hybridized carbons (Fsp3) is 0.200. The van der Waals surface area contributed by atoms with Gasteiger partial charge in [-0.15, -0.1) is 0 Å². The van der Waals surface area contributed by atoms with Gasteiger partial charge in [0, 0.05) is 23.8 Å². The van der Waals surface area contributed by atoms with Crippen molar-refractivity contribution in [3.8, 4) is 0 Å². The summed E-state index contributed by atoms with van der Waals surface area (Å²) < 4.78 is 27.6. The number of aryl methyl sites for hydroxylation is 1. The Labute approximate surface area is 154 Å². The van der Waals surface area contributed by atoms with Crippen molar-refractivity contribution in [3.63, 3.8) is 0 Å². The Kier molecular flexibility index (Phi) is 6.17. The van der Waals surface area contributed by atoms with E-state index >= 15 is 0 Å². The van der Waals surface area contributed by atoms with E-state index in [0.29, 0.717) is 10.9 Å². The molecular weight excluding hydrogens is 354 g/mol. The Balaban J connectivity index is 1.63. The van der Waals surface area contributed by atoms with Crippen LogP contribution in [0.2, 0.25) is 0 Å². The Hall–Kier alpha value is -2.47. The van der Waals surface area contributed by atoms with Gasteiger partial charge in [-0.1, -0.05) is 48.2 Å². The van der Waals surface area contributed by atoms with Crippen LogP contribution in [-0.2, 0) is 12.8 Å². The van der Waals surface area contributed by atoms with E-state index in [1.807, 2.05) is 18.2 Å². The third kappa shape index (κ3) is 5.02. The zero-order chi connectivity index (χ0) is 18.4. The summed E-state index contributed by atoms with van der Waals surface area (Å²) in [7, 11) is 0. The molecule has 0 bridgehead atoms. The van der Waals surface area contributed by atoms with Crippen LogP contribution in [0.1, 0.15) is 23.2 Å². The lowest BCUT2D eigenvalue weighted by atomic mass is 10.1. The number of halogens is 2. The Morgan fingerprint density at radius 2 is 1.73 bits per heavy atom. The van der Waals surface area contributed by atoms with Crippen molar-refractivity contribution >= 4 is 11.8 Å².